The van der Waals surface area contributed by atoms with Crippen LogP contribution < -0.4 is 4.74 Å². The van der Waals surface area contributed by atoms with Crippen LogP contribution in [0.1, 0.15) is 57.5 Å². The van der Waals surface area contributed by atoms with Gasteiger partial charge in [-0.2, -0.15) is 0 Å². The number of halogens is 1. The zero-order chi connectivity index (χ0) is 31.3. The van der Waals surface area contributed by atoms with E-state index in [1.807, 2.05) is 27.7 Å². The number of ether oxygens (including phenoxy) is 8. The Morgan fingerprint density at radius 3 is 1.65 bits per heavy atom. The molecule has 11 heteroatoms. The normalized spacial score (nSPS) is 19.3. The minimum atomic E-state index is -1.36. The van der Waals surface area contributed by atoms with E-state index in [1.54, 1.807) is 62.4 Å². The largest absolute Gasteiger partial charge is 0.476 e. The highest BCUT2D eigenvalue weighted by Gasteiger charge is 2.36. The van der Waals surface area contributed by atoms with E-state index in [2.05, 4.69) is 0 Å². The number of benzene rings is 2. The lowest BCUT2D eigenvalue weighted by atomic mass is 10.0. The Labute approximate surface area is 257 Å². The van der Waals surface area contributed by atoms with Gasteiger partial charge in [-0.15, -0.1) is 0 Å². The first-order chi connectivity index (χ1) is 20.2. The van der Waals surface area contributed by atoms with Crippen LogP contribution in [-0.4, -0.2) is 86.9 Å². The van der Waals surface area contributed by atoms with Crippen molar-refractivity contribution < 1.29 is 47.5 Å². The second-order valence-corrected chi connectivity index (χ2v) is 12.4. The summed E-state index contributed by atoms with van der Waals surface area (Å²) in [7, 11) is 0. The van der Waals surface area contributed by atoms with E-state index < -0.39 is 29.2 Å². The van der Waals surface area contributed by atoms with Crippen molar-refractivity contribution in [2.45, 2.75) is 77.0 Å². The maximum absolute atomic E-state index is 13.3. The Hall–Kier alpha value is -2.57. The molecule has 0 bridgehead atoms. The summed E-state index contributed by atoms with van der Waals surface area (Å²) < 4.78 is 46.5. The van der Waals surface area contributed by atoms with Gasteiger partial charge in [-0.05, 0) is 90.1 Å². The lowest BCUT2D eigenvalue weighted by Gasteiger charge is -2.36. The van der Waals surface area contributed by atoms with Gasteiger partial charge >= 0.3 is 5.97 Å². The van der Waals surface area contributed by atoms with Gasteiger partial charge in [0.25, 0.3) is 0 Å². The van der Waals surface area contributed by atoms with E-state index in [0.29, 0.717) is 48.3 Å². The Balaban J connectivity index is 1.35. The molecule has 2 fully saturated rings. The van der Waals surface area contributed by atoms with Crippen molar-refractivity contribution >= 4 is 23.4 Å². The second-order valence-electron chi connectivity index (χ2n) is 12.0. The average molecular weight is 621 g/mol. The molecule has 2 aromatic carbocycles. The van der Waals surface area contributed by atoms with Crippen LogP contribution in [-0.2, 0) is 38.0 Å². The highest BCUT2D eigenvalue weighted by molar-refractivity contribution is 6.30. The molecule has 0 unspecified atom stereocenters. The van der Waals surface area contributed by atoms with Crippen LogP contribution in [0, 0.1) is 0 Å². The maximum atomic E-state index is 13.3. The Bertz CT molecular complexity index is 1170. The lowest BCUT2D eigenvalue weighted by molar-refractivity contribution is -0.286. The molecule has 2 saturated heterocycles. The van der Waals surface area contributed by atoms with Crippen molar-refractivity contribution in [3.63, 3.8) is 0 Å². The molecule has 0 aromatic heterocycles. The predicted octanol–water partition coefficient (Wildman–Crippen LogP) is 4.98. The van der Waals surface area contributed by atoms with Crippen molar-refractivity contribution in [2.75, 3.05) is 39.6 Å². The van der Waals surface area contributed by atoms with Gasteiger partial charge in [-0.1, -0.05) is 11.6 Å². The second kappa shape index (κ2) is 14.0. The van der Waals surface area contributed by atoms with E-state index >= 15 is 0 Å². The number of hydrogen-bond donors (Lipinski definition) is 0. The third-order valence-electron chi connectivity index (χ3n) is 6.86. The number of hydrogen-bond acceptors (Lipinski definition) is 10. The molecule has 2 aliphatic heterocycles. The van der Waals surface area contributed by atoms with Crippen molar-refractivity contribution in [1.29, 1.82) is 0 Å². The summed E-state index contributed by atoms with van der Waals surface area (Å²) in [4.78, 5) is 26.1. The van der Waals surface area contributed by atoms with Crippen molar-refractivity contribution in [2.24, 2.45) is 0 Å². The highest BCUT2D eigenvalue weighted by atomic mass is 35.5. The topological polar surface area (TPSA) is 108 Å². The molecule has 0 aliphatic carbocycles. The summed E-state index contributed by atoms with van der Waals surface area (Å²) >= 11 is 5.93. The van der Waals surface area contributed by atoms with Gasteiger partial charge in [0.05, 0.1) is 39.6 Å². The summed E-state index contributed by atoms with van der Waals surface area (Å²) in [6.07, 6.45) is -1.40. The third kappa shape index (κ3) is 9.97. The molecule has 0 amide bonds. The number of carbonyl (C=O) groups is 2. The molecule has 0 atom stereocenters. The zero-order valence-corrected chi connectivity index (χ0v) is 26.3. The molecule has 2 aliphatic rings. The first-order valence-electron chi connectivity index (χ1n) is 14.3. The van der Waals surface area contributed by atoms with E-state index in [4.69, 9.17) is 49.5 Å². The number of ketones is 1. The quantitative estimate of drug-likeness (QED) is 0.238. The average Bonchev–Trinajstić information content (AvgIpc) is 2.96. The summed E-state index contributed by atoms with van der Waals surface area (Å²) in [5, 5.41) is 0.553. The molecular formula is C32H41ClO10. The molecule has 10 nitrogen and oxygen atoms in total. The van der Waals surface area contributed by atoms with Crippen LogP contribution in [0.2, 0.25) is 5.02 Å². The molecule has 43 heavy (non-hydrogen) atoms. The standard InChI is InChI=1S/C32H41ClO10/c1-30(2,43-24-13-9-22(10-14-24)28(34)21-7-11-23(33)12-8-21)29(35)42-27(15-36-25-17-38-31(3,4)39-18-25)16-37-26-19-40-32(5,6)41-20-26/h7-14,25-27H,15-20H2,1-6H3. The van der Waals surface area contributed by atoms with Crippen LogP contribution >= 0.6 is 11.6 Å². The van der Waals surface area contributed by atoms with Gasteiger partial charge < -0.3 is 37.9 Å². The number of carbonyl (C=O) groups excluding carboxylic acids is 2. The number of esters is 1. The van der Waals surface area contributed by atoms with Gasteiger partial charge in [0.2, 0.25) is 0 Å². The molecule has 4 rings (SSSR count). The fourth-order valence-corrected chi connectivity index (χ4v) is 4.35. The van der Waals surface area contributed by atoms with Crippen molar-refractivity contribution in [1.82, 2.24) is 0 Å². The van der Waals surface area contributed by atoms with Gasteiger partial charge in [-0.25, -0.2) is 4.79 Å². The Kier molecular flexibility index (Phi) is 10.9. The van der Waals surface area contributed by atoms with Crippen LogP contribution in [0.15, 0.2) is 48.5 Å². The van der Waals surface area contributed by atoms with Crippen LogP contribution in [0.5, 0.6) is 5.75 Å². The molecule has 0 saturated carbocycles. The van der Waals surface area contributed by atoms with Crippen LogP contribution in [0.25, 0.3) is 0 Å². The predicted molar refractivity (Wildman–Crippen MR) is 157 cm³/mol. The smallest absolute Gasteiger partial charge is 0.350 e. The van der Waals surface area contributed by atoms with E-state index in [0.717, 1.165) is 0 Å². The van der Waals surface area contributed by atoms with Gasteiger partial charge in [0, 0.05) is 16.1 Å². The molecule has 2 heterocycles. The van der Waals surface area contributed by atoms with Crippen molar-refractivity contribution in [3.8, 4) is 5.75 Å². The molecular weight excluding hydrogens is 580 g/mol. The Morgan fingerprint density at radius 1 is 0.791 bits per heavy atom. The summed E-state index contributed by atoms with van der Waals surface area (Å²) in [6.45, 7) is 12.1. The summed E-state index contributed by atoms with van der Waals surface area (Å²) in [5.74, 6) is -1.71. The minimum Gasteiger partial charge on any atom is -0.476 e. The molecule has 0 radical (unpaired) electrons. The molecule has 2 aromatic rings. The summed E-state index contributed by atoms with van der Waals surface area (Å²) in [6, 6.07) is 13.2. The highest BCUT2D eigenvalue weighted by Crippen LogP contribution is 2.24. The van der Waals surface area contributed by atoms with E-state index in [9.17, 15) is 9.59 Å². The monoisotopic (exact) mass is 620 g/mol. The first kappa shape index (κ1) is 33.3. The number of rotatable bonds is 12. The van der Waals surface area contributed by atoms with Gasteiger partial charge in [0.15, 0.2) is 23.0 Å². The van der Waals surface area contributed by atoms with Crippen molar-refractivity contribution in [3.05, 3.63) is 64.7 Å². The van der Waals surface area contributed by atoms with Crippen LogP contribution in [0.4, 0.5) is 0 Å². The van der Waals surface area contributed by atoms with Gasteiger partial charge in [0.1, 0.15) is 24.1 Å². The third-order valence-corrected chi connectivity index (χ3v) is 7.12. The Morgan fingerprint density at radius 2 is 1.21 bits per heavy atom. The molecule has 0 N–H and O–H groups in total. The molecule has 236 valence electrons. The minimum absolute atomic E-state index is 0.0566. The fraction of sp³-hybridized carbons (Fsp3) is 0.562. The van der Waals surface area contributed by atoms with E-state index in [-0.39, 0.29) is 31.2 Å². The van der Waals surface area contributed by atoms with E-state index in [1.165, 1.54) is 0 Å². The first-order valence-corrected chi connectivity index (χ1v) is 14.7. The maximum Gasteiger partial charge on any atom is 0.350 e. The molecule has 0 spiro atoms. The SMILES string of the molecule is CC1(C)OCC(OCC(COC2COC(C)(C)OC2)OC(=O)C(C)(C)Oc2ccc(C(=O)c3ccc(Cl)cc3)cc2)CO1. The lowest BCUT2D eigenvalue weighted by Crippen LogP contribution is -2.47. The fourth-order valence-electron chi connectivity index (χ4n) is 4.22. The summed E-state index contributed by atoms with van der Waals surface area (Å²) in [5.41, 5.74) is -0.368. The van der Waals surface area contributed by atoms with Crippen LogP contribution in [0.3, 0.4) is 0 Å². The zero-order valence-electron chi connectivity index (χ0n) is 25.6. The van der Waals surface area contributed by atoms with Gasteiger partial charge in [-0.3, -0.25) is 4.79 Å².